The molecule has 0 fully saturated rings. The van der Waals surface area contributed by atoms with Crippen LogP contribution in [0.25, 0.3) is 0 Å². The summed E-state index contributed by atoms with van der Waals surface area (Å²) < 4.78 is 35.1. The van der Waals surface area contributed by atoms with Crippen LogP contribution in [0.5, 0.6) is 0 Å². The molecule has 4 heteroatoms. The lowest BCUT2D eigenvalue weighted by Crippen LogP contribution is -2.21. The van der Waals surface area contributed by atoms with Crippen molar-refractivity contribution >= 4 is 5.97 Å². The summed E-state index contributed by atoms with van der Waals surface area (Å²) in [5, 5.41) is 0. The minimum Gasteiger partial charge on any atom is -0.465 e. The number of carbonyl (C=O) groups excluding carboxylic acids is 1. The maximum atomic E-state index is 15.2. The molecule has 0 unspecified atom stereocenters. The number of esters is 1. The molecule has 128 valence electrons. The normalized spacial score (nSPS) is 11.7. The summed E-state index contributed by atoms with van der Waals surface area (Å²) in [6.07, 6.45) is 0. The highest BCUT2D eigenvalue weighted by molar-refractivity contribution is 5.92. The third-order valence-electron chi connectivity index (χ3n) is 4.29. The molecular weight excluding hydrogens is 310 g/mol. The third-order valence-corrected chi connectivity index (χ3v) is 4.29. The molecule has 0 aliphatic rings. The van der Waals surface area contributed by atoms with Crippen LogP contribution in [0.1, 0.15) is 57.9 Å². The van der Waals surface area contributed by atoms with Crippen LogP contribution in [0.4, 0.5) is 8.78 Å². The Kier molecular flexibility index (Phi) is 5.07. The number of methoxy groups -OCH3 is 1. The van der Waals surface area contributed by atoms with Crippen molar-refractivity contribution < 1.29 is 18.3 Å². The van der Waals surface area contributed by atoms with Crippen LogP contribution in [0.15, 0.2) is 36.4 Å². The summed E-state index contributed by atoms with van der Waals surface area (Å²) in [5.74, 6) is -3.90. The molecule has 2 aromatic carbocycles. The molecule has 0 aliphatic heterocycles. The molecule has 2 rings (SSSR count). The lowest BCUT2D eigenvalue weighted by atomic mass is 9.90. The van der Waals surface area contributed by atoms with Gasteiger partial charge in [-0.05, 0) is 54.7 Å². The Bertz CT molecular complexity index is 764. The molecule has 0 N–H and O–H groups in total. The summed E-state index contributed by atoms with van der Waals surface area (Å²) in [7, 11) is 1.19. The molecule has 0 bridgehead atoms. The topological polar surface area (TPSA) is 26.3 Å². The van der Waals surface area contributed by atoms with E-state index in [1.807, 2.05) is 19.9 Å². The molecule has 2 aromatic rings. The smallest absolute Gasteiger partial charge is 0.338 e. The molecule has 0 atom stereocenters. The van der Waals surface area contributed by atoms with Crippen LogP contribution in [0.2, 0.25) is 0 Å². The van der Waals surface area contributed by atoms with Gasteiger partial charge in [0.2, 0.25) is 0 Å². The number of carbonyl (C=O) groups is 1. The van der Waals surface area contributed by atoms with Gasteiger partial charge in [-0.15, -0.1) is 0 Å². The fourth-order valence-corrected chi connectivity index (χ4v) is 2.60. The van der Waals surface area contributed by atoms with Crippen molar-refractivity contribution in [2.45, 2.75) is 39.5 Å². The summed E-state index contributed by atoms with van der Waals surface area (Å²) in [5.41, 5.74) is 1.76. The molecule has 2 nitrogen and oxygen atoms in total. The number of hydrogen-bond donors (Lipinski definition) is 0. The second kappa shape index (κ2) is 6.71. The quantitative estimate of drug-likeness (QED) is 0.705. The second-order valence-corrected chi connectivity index (χ2v) is 6.33. The van der Waals surface area contributed by atoms with E-state index in [1.54, 1.807) is 19.9 Å². The van der Waals surface area contributed by atoms with Gasteiger partial charge in [0.25, 0.3) is 5.92 Å². The lowest BCUT2D eigenvalue weighted by molar-refractivity contribution is 0.0375. The van der Waals surface area contributed by atoms with E-state index in [9.17, 15) is 4.79 Å². The van der Waals surface area contributed by atoms with E-state index in [0.29, 0.717) is 5.56 Å². The molecule has 0 spiro atoms. The number of rotatable bonds is 4. The van der Waals surface area contributed by atoms with Gasteiger partial charge in [-0.3, -0.25) is 0 Å². The van der Waals surface area contributed by atoms with E-state index in [4.69, 9.17) is 4.74 Å². The number of aryl methyl sites for hydroxylation is 2. The molecule has 0 aliphatic carbocycles. The number of hydrogen-bond acceptors (Lipinski definition) is 2. The Balaban J connectivity index is 2.66. The average molecular weight is 332 g/mol. The predicted octanol–water partition coefficient (Wildman–Crippen LogP) is 5.35. The molecule has 0 aromatic heterocycles. The Morgan fingerprint density at radius 2 is 1.71 bits per heavy atom. The van der Waals surface area contributed by atoms with Gasteiger partial charge < -0.3 is 4.74 Å². The maximum absolute atomic E-state index is 15.2. The van der Waals surface area contributed by atoms with Crippen molar-refractivity contribution in [2.24, 2.45) is 0 Å². The van der Waals surface area contributed by atoms with Crippen molar-refractivity contribution in [3.8, 4) is 0 Å². The third kappa shape index (κ3) is 3.32. The highest BCUT2D eigenvalue weighted by Gasteiger charge is 2.38. The Morgan fingerprint density at radius 3 is 2.29 bits per heavy atom. The van der Waals surface area contributed by atoms with Gasteiger partial charge in [-0.1, -0.05) is 32.0 Å². The Hall–Kier alpha value is -2.23. The molecule has 0 radical (unpaired) electrons. The first-order chi connectivity index (χ1) is 11.2. The molecule has 0 heterocycles. The molecular formula is C20H22F2O2. The fourth-order valence-electron chi connectivity index (χ4n) is 2.60. The van der Waals surface area contributed by atoms with E-state index < -0.39 is 11.9 Å². The zero-order valence-electron chi connectivity index (χ0n) is 14.6. The predicted molar refractivity (Wildman–Crippen MR) is 90.8 cm³/mol. The fraction of sp³-hybridized carbons (Fsp3) is 0.350. The summed E-state index contributed by atoms with van der Waals surface area (Å²) in [4.78, 5) is 12.0. The summed E-state index contributed by atoms with van der Waals surface area (Å²) >= 11 is 0. The first kappa shape index (κ1) is 18.1. The summed E-state index contributed by atoms with van der Waals surface area (Å²) in [6, 6.07) is 9.19. The molecule has 0 amide bonds. The minimum atomic E-state index is -3.28. The monoisotopic (exact) mass is 332 g/mol. The molecule has 24 heavy (non-hydrogen) atoms. The van der Waals surface area contributed by atoms with E-state index in [2.05, 4.69) is 0 Å². The SMILES string of the molecule is COC(=O)c1cc(C)c(C)cc1C(F)(F)c1cccc(C(C)C)c1. The number of ether oxygens (including phenoxy) is 1. The zero-order valence-corrected chi connectivity index (χ0v) is 14.6. The van der Waals surface area contributed by atoms with Crippen LogP contribution in [-0.2, 0) is 10.7 Å². The van der Waals surface area contributed by atoms with Crippen molar-refractivity contribution in [1.82, 2.24) is 0 Å². The van der Waals surface area contributed by atoms with Crippen LogP contribution >= 0.6 is 0 Å². The molecule has 0 saturated heterocycles. The average Bonchev–Trinajstić information content (AvgIpc) is 2.56. The van der Waals surface area contributed by atoms with E-state index >= 15 is 8.78 Å². The van der Waals surface area contributed by atoms with Crippen molar-refractivity contribution in [3.63, 3.8) is 0 Å². The van der Waals surface area contributed by atoms with Crippen LogP contribution in [0.3, 0.4) is 0 Å². The standard InChI is InChI=1S/C20H22F2O2/c1-12(2)15-7-6-8-16(11-15)20(21,22)18-10-14(4)13(3)9-17(18)19(23)24-5/h6-12H,1-5H3. The second-order valence-electron chi connectivity index (χ2n) is 6.33. The van der Waals surface area contributed by atoms with E-state index in [0.717, 1.165) is 11.1 Å². The Labute approximate surface area is 141 Å². The number of benzene rings is 2. The van der Waals surface area contributed by atoms with Crippen LogP contribution in [-0.4, -0.2) is 13.1 Å². The van der Waals surface area contributed by atoms with Crippen molar-refractivity contribution in [1.29, 1.82) is 0 Å². The highest BCUT2D eigenvalue weighted by atomic mass is 19.3. The van der Waals surface area contributed by atoms with Gasteiger partial charge in [0.1, 0.15) is 0 Å². The maximum Gasteiger partial charge on any atom is 0.338 e. The van der Waals surface area contributed by atoms with Gasteiger partial charge in [-0.25, -0.2) is 4.79 Å². The van der Waals surface area contributed by atoms with Gasteiger partial charge in [0, 0.05) is 11.1 Å². The summed E-state index contributed by atoms with van der Waals surface area (Å²) in [6.45, 7) is 7.43. The largest absolute Gasteiger partial charge is 0.465 e. The minimum absolute atomic E-state index is 0.0967. The Morgan fingerprint density at radius 1 is 1.08 bits per heavy atom. The van der Waals surface area contributed by atoms with Crippen LogP contribution in [0, 0.1) is 13.8 Å². The first-order valence-corrected chi connectivity index (χ1v) is 7.86. The first-order valence-electron chi connectivity index (χ1n) is 7.86. The molecule has 0 saturated carbocycles. The van der Waals surface area contributed by atoms with Crippen molar-refractivity contribution in [2.75, 3.05) is 7.11 Å². The van der Waals surface area contributed by atoms with E-state index in [-0.39, 0.29) is 22.6 Å². The van der Waals surface area contributed by atoms with Gasteiger partial charge >= 0.3 is 5.97 Å². The van der Waals surface area contributed by atoms with E-state index in [1.165, 1.54) is 31.4 Å². The van der Waals surface area contributed by atoms with Gasteiger partial charge in [0.05, 0.1) is 12.7 Å². The lowest BCUT2D eigenvalue weighted by Gasteiger charge is -2.22. The van der Waals surface area contributed by atoms with Crippen molar-refractivity contribution in [3.05, 3.63) is 69.8 Å². The van der Waals surface area contributed by atoms with Gasteiger partial charge in [-0.2, -0.15) is 8.78 Å². The highest BCUT2D eigenvalue weighted by Crippen LogP contribution is 2.39. The number of halogens is 2. The van der Waals surface area contributed by atoms with Gasteiger partial charge in [0.15, 0.2) is 0 Å². The number of alkyl halides is 2. The van der Waals surface area contributed by atoms with Crippen LogP contribution < -0.4 is 0 Å². The zero-order chi connectivity index (χ0) is 18.1.